The lowest BCUT2D eigenvalue weighted by atomic mass is 9.58. The second-order valence-corrected chi connectivity index (χ2v) is 12.5. The number of hydrogen-bond donors (Lipinski definition) is 0. The third kappa shape index (κ3) is 2.53. The molecule has 0 radical (unpaired) electrons. The monoisotopic (exact) mass is 452 g/mol. The number of benzene rings is 1. The minimum Gasteiger partial charge on any atom is -0.359 e. The molecule has 2 saturated carbocycles. The third-order valence-corrected chi connectivity index (χ3v) is 11.1. The molecule has 2 spiro atoms. The fourth-order valence-electron chi connectivity index (χ4n) is 9.27. The second-order valence-electron chi connectivity index (χ2n) is 12.5. The van der Waals surface area contributed by atoms with Crippen LogP contribution in [0.2, 0.25) is 0 Å². The van der Waals surface area contributed by atoms with Crippen molar-refractivity contribution >= 4 is 10.8 Å². The van der Waals surface area contributed by atoms with Crippen LogP contribution < -0.4 is 0 Å². The molecule has 3 heteroatoms. The molecule has 4 heterocycles. The molecule has 2 aromatic rings. The number of likely N-dealkylation sites (tertiary alicyclic amines) is 1. The van der Waals surface area contributed by atoms with Crippen molar-refractivity contribution < 1.29 is 4.74 Å². The lowest BCUT2D eigenvalue weighted by Gasteiger charge is -2.55. The molecule has 4 fully saturated rings. The average Bonchev–Trinajstić information content (AvgIpc) is 3.33. The molecule has 3 nitrogen and oxygen atoms in total. The third-order valence-electron chi connectivity index (χ3n) is 11.1. The van der Waals surface area contributed by atoms with Gasteiger partial charge < -0.3 is 9.64 Å². The van der Waals surface area contributed by atoms with Crippen LogP contribution in [0, 0.1) is 11.3 Å². The molecular weight excluding hydrogens is 416 g/mol. The zero-order valence-electron chi connectivity index (χ0n) is 20.4. The molecule has 1 aromatic carbocycles. The van der Waals surface area contributed by atoms with Gasteiger partial charge in [0.15, 0.2) is 0 Å². The molecule has 8 rings (SSSR count). The number of pyridine rings is 1. The molecule has 1 aromatic heterocycles. The molecule has 3 aliphatic carbocycles. The van der Waals surface area contributed by atoms with Crippen molar-refractivity contribution in [3.63, 3.8) is 0 Å². The lowest BCUT2D eigenvalue weighted by molar-refractivity contribution is -0.142. The van der Waals surface area contributed by atoms with Gasteiger partial charge in [-0.15, -0.1) is 0 Å². The maximum absolute atomic E-state index is 7.49. The maximum Gasteiger partial charge on any atom is 0.0974 e. The van der Waals surface area contributed by atoms with Gasteiger partial charge >= 0.3 is 0 Å². The van der Waals surface area contributed by atoms with E-state index in [1.165, 1.54) is 87.2 Å². The number of fused-ring (bicyclic) bond motifs is 2. The van der Waals surface area contributed by atoms with Crippen molar-refractivity contribution in [2.45, 2.75) is 87.9 Å². The first-order valence-corrected chi connectivity index (χ1v) is 13.8. The Labute approximate surface area is 203 Å². The first kappa shape index (κ1) is 20.2. The van der Waals surface area contributed by atoms with Gasteiger partial charge in [0.2, 0.25) is 0 Å². The summed E-state index contributed by atoms with van der Waals surface area (Å²) < 4.78 is 7.49. The lowest BCUT2D eigenvalue weighted by Crippen LogP contribution is -2.56. The highest BCUT2D eigenvalue weighted by atomic mass is 16.5. The minimum atomic E-state index is -0.0412. The van der Waals surface area contributed by atoms with Gasteiger partial charge in [0.25, 0.3) is 0 Å². The molecule has 2 bridgehead atoms. The summed E-state index contributed by atoms with van der Waals surface area (Å²) in [6.45, 7) is 5.20. The molecule has 34 heavy (non-hydrogen) atoms. The highest BCUT2D eigenvalue weighted by Gasteiger charge is 2.66. The van der Waals surface area contributed by atoms with Crippen molar-refractivity contribution in [3.05, 3.63) is 65.5 Å². The Morgan fingerprint density at radius 2 is 2.00 bits per heavy atom. The van der Waals surface area contributed by atoms with Gasteiger partial charge in [-0.25, -0.2) is 0 Å². The van der Waals surface area contributed by atoms with Gasteiger partial charge in [-0.2, -0.15) is 0 Å². The Morgan fingerprint density at radius 3 is 2.88 bits per heavy atom. The normalized spacial score (nSPS) is 42.9. The Morgan fingerprint density at radius 1 is 1.06 bits per heavy atom. The summed E-state index contributed by atoms with van der Waals surface area (Å²) in [7, 11) is 0. The van der Waals surface area contributed by atoms with Gasteiger partial charge in [-0.3, -0.25) is 4.98 Å². The number of aromatic nitrogens is 1. The molecule has 1 unspecified atom stereocenters. The van der Waals surface area contributed by atoms with Crippen LogP contribution >= 0.6 is 0 Å². The van der Waals surface area contributed by atoms with Crippen molar-refractivity contribution in [2.75, 3.05) is 13.1 Å². The van der Waals surface area contributed by atoms with Gasteiger partial charge in [0, 0.05) is 23.8 Å². The molecule has 6 atom stereocenters. The van der Waals surface area contributed by atoms with Crippen LogP contribution in [0.5, 0.6) is 0 Å². The Kier molecular flexibility index (Phi) is 4.06. The van der Waals surface area contributed by atoms with Crippen molar-refractivity contribution in [1.29, 1.82) is 0 Å². The topological polar surface area (TPSA) is 25.4 Å². The highest BCUT2D eigenvalue weighted by molar-refractivity contribution is 5.82. The molecule has 2 saturated heterocycles. The van der Waals surface area contributed by atoms with Gasteiger partial charge in [-0.05, 0) is 122 Å². The highest BCUT2D eigenvalue weighted by Crippen LogP contribution is 2.69. The van der Waals surface area contributed by atoms with Crippen LogP contribution in [0.25, 0.3) is 10.8 Å². The summed E-state index contributed by atoms with van der Waals surface area (Å²) in [6.07, 6.45) is 20.6. The van der Waals surface area contributed by atoms with Crippen molar-refractivity contribution in [3.8, 4) is 0 Å². The zero-order valence-corrected chi connectivity index (χ0v) is 20.4. The number of rotatable bonds is 2. The van der Waals surface area contributed by atoms with E-state index in [1.807, 2.05) is 12.4 Å². The van der Waals surface area contributed by atoms with E-state index in [1.54, 1.807) is 11.1 Å². The standard InChI is InChI=1S/C31H36N2O/c1-29-11-9-25-18-24-5-6-26(33-15-2-16-33)19-30(24)12-13-31(25,34-30)28(29)8-7-27(29)22-4-3-21-10-14-32-20-23(21)17-22/h3-4,9-10,14,17-18,20,26-28H,2,5-8,11-13,15-16,19H2,1H3/t26?,27-,28-,29-,30-,31-/m1/s1. The van der Waals surface area contributed by atoms with E-state index >= 15 is 0 Å². The molecule has 3 aliphatic heterocycles. The fourth-order valence-corrected chi connectivity index (χ4v) is 9.27. The van der Waals surface area contributed by atoms with E-state index < -0.39 is 0 Å². The van der Waals surface area contributed by atoms with Crippen LogP contribution in [0.15, 0.2) is 60.0 Å². The SMILES string of the molecule is C[C@]12CC=C3C=C4CCC(N5CCC5)C[C@]45CC[C@]3(O5)[C@@H]1CC[C@@H]2c1ccc2ccncc2c1. The summed E-state index contributed by atoms with van der Waals surface area (Å²) in [6, 6.07) is 9.99. The van der Waals surface area contributed by atoms with Gasteiger partial charge in [-0.1, -0.05) is 31.2 Å². The second kappa shape index (κ2) is 6.83. The molecule has 0 amide bonds. The quantitative estimate of drug-likeness (QED) is 0.516. The van der Waals surface area contributed by atoms with E-state index in [-0.39, 0.29) is 16.6 Å². The average molecular weight is 453 g/mol. The summed E-state index contributed by atoms with van der Waals surface area (Å²) in [5.74, 6) is 1.22. The van der Waals surface area contributed by atoms with Crippen LogP contribution in [0.4, 0.5) is 0 Å². The van der Waals surface area contributed by atoms with E-state index in [0.29, 0.717) is 11.8 Å². The largest absolute Gasteiger partial charge is 0.359 e. The molecule has 0 N–H and O–H groups in total. The number of nitrogens with zero attached hydrogens (tertiary/aromatic N) is 2. The summed E-state index contributed by atoms with van der Waals surface area (Å²) in [5, 5.41) is 2.57. The summed E-state index contributed by atoms with van der Waals surface area (Å²) in [4.78, 5) is 7.12. The smallest absolute Gasteiger partial charge is 0.0974 e. The summed E-state index contributed by atoms with van der Waals surface area (Å²) >= 11 is 0. The van der Waals surface area contributed by atoms with Crippen LogP contribution in [0.3, 0.4) is 0 Å². The first-order valence-electron chi connectivity index (χ1n) is 13.8. The number of ether oxygens (including phenoxy) is 1. The predicted molar refractivity (Wildman–Crippen MR) is 136 cm³/mol. The number of hydrogen-bond acceptors (Lipinski definition) is 3. The molecular formula is C31H36N2O. The first-order chi connectivity index (χ1) is 16.6. The maximum atomic E-state index is 7.49. The van der Waals surface area contributed by atoms with Crippen molar-refractivity contribution in [1.82, 2.24) is 9.88 Å². The Bertz CT molecular complexity index is 1240. The molecule has 6 aliphatic rings. The zero-order chi connectivity index (χ0) is 22.5. The summed E-state index contributed by atoms with van der Waals surface area (Å²) in [5.41, 5.74) is 4.94. The van der Waals surface area contributed by atoms with Crippen LogP contribution in [-0.4, -0.2) is 40.2 Å². The predicted octanol–water partition coefficient (Wildman–Crippen LogP) is 6.55. The fraction of sp³-hybridized carbons (Fsp3) is 0.581. The number of allylic oxidation sites excluding steroid dienone is 1. The molecule has 176 valence electrons. The van der Waals surface area contributed by atoms with E-state index in [2.05, 4.69) is 53.2 Å². The van der Waals surface area contributed by atoms with Gasteiger partial charge in [0.05, 0.1) is 11.2 Å². The van der Waals surface area contributed by atoms with Gasteiger partial charge in [0.1, 0.15) is 0 Å². The minimum absolute atomic E-state index is 0.0286. The Balaban J connectivity index is 1.16. The van der Waals surface area contributed by atoms with Crippen LogP contribution in [0.1, 0.15) is 76.2 Å². The van der Waals surface area contributed by atoms with Crippen molar-refractivity contribution in [2.24, 2.45) is 11.3 Å². The van der Waals surface area contributed by atoms with E-state index in [4.69, 9.17) is 4.74 Å². The van der Waals surface area contributed by atoms with Crippen LogP contribution in [-0.2, 0) is 4.74 Å². The van der Waals surface area contributed by atoms with E-state index in [9.17, 15) is 0 Å². The Hall–Kier alpha value is -1.97. The van der Waals surface area contributed by atoms with E-state index in [0.717, 1.165) is 6.04 Å².